The molecule has 0 N–H and O–H groups in total. The van der Waals surface area contributed by atoms with Gasteiger partial charge in [-0.1, -0.05) is 76.2 Å². The van der Waals surface area contributed by atoms with E-state index in [1.807, 2.05) is 0 Å². The van der Waals surface area contributed by atoms with Gasteiger partial charge in [-0.25, -0.2) is 4.39 Å². The monoisotopic (exact) mass is 464 g/mol. The van der Waals surface area contributed by atoms with E-state index >= 15 is 0 Å². The van der Waals surface area contributed by atoms with E-state index < -0.39 is 0 Å². The van der Waals surface area contributed by atoms with E-state index in [0.29, 0.717) is 22.8 Å². The predicted octanol–water partition coefficient (Wildman–Crippen LogP) is 7.59. The number of hydrogen-bond acceptors (Lipinski definition) is 4. The van der Waals surface area contributed by atoms with Gasteiger partial charge < -0.3 is 4.42 Å². The lowest BCUT2D eigenvalue weighted by molar-refractivity contribution is 0.0633. The Kier molecular flexibility index (Phi) is 5.88. The van der Waals surface area contributed by atoms with E-state index in [0.717, 1.165) is 37.1 Å². The first-order valence-electron chi connectivity index (χ1n) is 12.1. The lowest BCUT2D eigenvalue weighted by atomic mass is 9.49. The molecule has 0 bridgehead atoms. The zero-order valence-corrected chi connectivity index (χ0v) is 20.8. The molecule has 1 unspecified atom stereocenters. The molecule has 3 aromatic rings. The Morgan fingerprint density at radius 3 is 2.58 bits per heavy atom. The van der Waals surface area contributed by atoms with Gasteiger partial charge in [0, 0.05) is 11.2 Å². The summed E-state index contributed by atoms with van der Waals surface area (Å²) in [5.41, 5.74) is 5.55. The molecule has 1 saturated carbocycles. The van der Waals surface area contributed by atoms with Gasteiger partial charge in [0.15, 0.2) is 0 Å². The molecule has 0 amide bonds. The van der Waals surface area contributed by atoms with E-state index in [4.69, 9.17) is 4.42 Å². The normalized spacial score (nSPS) is 26.8. The molecule has 0 radical (unpaired) electrons. The minimum absolute atomic E-state index is 0.122. The van der Waals surface area contributed by atoms with Crippen molar-refractivity contribution in [3.05, 3.63) is 76.4 Å². The van der Waals surface area contributed by atoms with Gasteiger partial charge in [-0.15, -0.1) is 10.2 Å². The van der Waals surface area contributed by atoms with Crippen molar-refractivity contribution in [3.63, 3.8) is 0 Å². The number of rotatable bonds is 5. The van der Waals surface area contributed by atoms with Crippen LogP contribution in [0.5, 0.6) is 0 Å². The van der Waals surface area contributed by atoms with Crippen molar-refractivity contribution < 1.29 is 8.81 Å². The molecule has 0 spiro atoms. The standard InChI is InChI=1S/C28H33FN2OS/c1-18(2)20-8-12-23-21(16-20)9-13-24-27(23,3)14-5-15-28(24,4)25-30-31-26(32-25)33-17-19-6-10-22(29)11-7-19/h6-8,10-12,16,18,24H,5,9,13-15,17H2,1-4H3/t24?,27-,28-/m1/s1. The van der Waals surface area contributed by atoms with Gasteiger partial charge in [0.2, 0.25) is 5.89 Å². The zero-order chi connectivity index (χ0) is 23.2. The van der Waals surface area contributed by atoms with Gasteiger partial charge in [-0.3, -0.25) is 0 Å². The number of fused-ring (bicyclic) bond motifs is 3. The average Bonchev–Trinajstić information content (AvgIpc) is 3.28. The van der Waals surface area contributed by atoms with Gasteiger partial charge in [-0.2, -0.15) is 0 Å². The second kappa shape index (κ2) is 8.57. The molecule has 1 heterocycles. The van der Waals surface area contributed by atoms with Crippen LogP contribution in [0, 0.1) is 11.7 Å². The minimum atomic E-state index is -0.216. The van der Waals surface area contributed by atoms with Crippen LogP contribution in [0.4, 0.5) is 4.39 Å². The molecule has 5 rings (SSSR count). The summed E-state index contributed by atoms with van der Waals surface area (Å²) in [6.45, 7) is 9.34. The molecule has 1 fully saturated rings. The van der Waals surface area contributed by atoms with Crippen LogP contribution in [-0.4, -0.2) is 10.2 Å². The molecular weight excluding hydrogens is 431 g/mol. The molecule has 174 valence electrons. The lowest BCUT2D eigenvalue weighted by Gasteiger charge is -2.54. The summed E-state index contributed by atoms with van der Waals surface area (Å²) >= 11 is 1.52. The molecule has 5 heteroatoms. The van der Waals surface area contributed by atoms with Crippen LogP contribution in [0.15, 0.2) is 52.1 Å². The Balaban J connectivity index is 1.39. The topological polar surface area (TPSA) is 38.9 Å². The summed E-state index contributed by atoms with van der Waals surface area (Å²) in [7, 11) is 0. The van der Waals surface area contributed by atoms with Crippen LogP contribution in [0.3, 0.4) is 0 Å². The third-order valence-corrected chi connectivity index (χ3v) is 9.10. The summed E-state index contributed by atoms with van der Waals surface area (Å²) in [5.74, 6) is 2.29. The number of thioether (sulfide) groups is 1. The second-order valence-corrected chi connectivity index (χ2v) is 11.6. The van der Waals surface area contributed by atoms with Crippen LogP contribution in [0.2, 0.25) is 0 Å². The SMILES string of the molecule is CC(C)c1ccc2c(c1)CCC1[C@](C)(c3nnc(SCc4ccc(F)cc4)o3)CCC[C@]21C. The third kappa shape index (κ3) is 4.03. The highest BCUT2D eigenvalue weighted by Crippen LogP contribution is 2.58. The summed E-state index contributed by atoms with van der Waals surface area (Å²) < 4.78 is 19.4. The maximum Gasteiger partial charge on any atom is 0.276 e. The van der Waals surface area contributed by atoms with Gasteiger partial charge in [0.05, 0.1) is 0 Å². The maximum absolute atomic E-state index is 13.2. The highest BCUT2D eigenvalue weighted by Gasteiger charge is 2.54. The van der Waals surface area contributed by atoms with Crippen LogP contribution < -0.4 is 0 Å². The van der Waals surface area contributed by atoms with E-state index in [9.17, 15) is 4.39 Å². The van der Waals surface area contributed by atoms with Crippen molar-refractivity contribution in [2.24, 2.45) is 5.92 Å². The van der Waals surface area contributed by atoms with Gasteiger partial charge in [0.25, 0.3) is 5.22 Å². The van der Waals surface area contributed by atoms with Crippen LogP contribution in [0.25, 0.3) is 0 Å². The minimum Gasteiger partial charge on any atom is -0.415 e. The van der Waals surface area contributed by atoms with Crippen LogP contribution >= 0.6 is 11.8 Å². The summed E-state index contributed by atoms with van der Waals surface area (Å²) in [5, 5.41) is 9.53. The Hall–Kier alpha value is -2.14. The van der Waals surface area contributed by atoms with Crippen molar-refractivity contribution in [3.8, 4) is 0 Å². The quantitative estimate of drug-likeness (QED) is 0.365. The van der Waals surface area contributed by atoms with E-state index in [1.54, 1.807) is 12.1 Å². The first-order chi connectivity index (χ1) is 15.8. The Bertz CT molecular complexity index is 1140. The number of aromatic nitrogens is 2. The molecule has 2 aliphatic rings. The highest BCUT2D eigenvalue weighted by molar-refractivity contribution is 7.98. The Labute approximate surface area is 200 Å². The first-order valence-corrected chi connectivity index (χ1v) is 13.1. The number of halogens is 1. The molecule has 3 atom stereocenters. The number of aryl methyl sites for hydroxylation is 1. The number of nitrogens with zero attached hydrogens (tertiary/aromatic N) is 2. The first kappa shape index (κ1) is 22.6. The largest absolute Gasteiger partial charge is 0.415 e. The fourth-order valence-corrected chi connectivity index (χ4v) is 7.07. The lowest BCUT2D eigenvalue weighted by Crippen LogP contribution is -2.51. The molecule has 0 aliphatic heterocycles. The summed E-state index contributed by atoms with van der Waals surface area (Å²) in [6.07, 6.45) is 5.72. The van der Waals surface area contributed by atoms with Crippen molar-refractivity contribution >= 4 is 11.8 Å². The van der Waals surface area contributed by atoms with Crippen LogP contribution in [-0.2, 0) is 23.0 Å². The van der Waals surface area contributed by atoms with Crippen molar-refractivity contribution in [1.29, 1.82) is 0 Å². The van der Waals surface area contributed by atoms with E-state index in [-0.39, 0.29) is 16.6 Å². The van der Waals surface area contributed by atoms with Crippen molar-refractivity contribution in [1.82, 2.24) is 10.2 Å². The summed E-state index contributed by atoms with van der Waals surface area (Å²) in [6, 6.07) is 13.8. The van der Waals surface area contributed by atoms with E-state index in [1.165, 1.54) is 47.0 Å². The molecule has 2 aromatic carbocycles. The Morgan fingerprint density at radius 2 is 1.82 bits per heavy atom. The highest BCUT2D eigenvalue weighted by atomic mass is 32.2. The fourth-order valence-electron chi connectivity index (χ4n) is 6.35. The van der Waals surface area contributed by atoms with Crippen molar-refractivity contribution in [2.75, 3.05) is 0 Å². The van der Waals surface area contributed by atoms with Gasteiger partial charge in [0.1, 0.15) is 5.82 Å². The molecular formula is C28H33FN2OS. The maximum atomic E-state index is 13.2. The van der Waals surface area contributed by atoms with Crippen molar-refractivity contribution in [2.45, 2.75) is 87.5 Å². The molecule has 1 aromatic heterocycles. The van der Waals surface area contributed by atoms with Gasteiger partial charge >= 0.3 is 0 Å². The van der Waals surface area contributed by atoms with E-state index in [2.05, 4.69) is 56.1 Å². The smallest absolute Gasteiger partial charge is 0.276 e. The molecule has 3 nitrogen and oxygen atoms in total. The Morgan fingerprint density at radius 1 is 1.06 bits per heavy atom. The molecule has 2 aliphatic carbocycles. The number of hydrogen-bond donors (Lipinski definition) is 0. The molecule has 33 heavy (non-hydrogen) atoms. The van der Waals surface area contributed by atoms with Crippen LogP contribution in [0.1, 0.15) is 87.4 Å². The fraction of sp³-hybridized carbons (Fsp3) is 0.500. The molecule has 0 saturated heterocycles. The third-order valence-electron chi connectivity index (χ3n) is 8.21. The average molecular weight is 465 g/mol. The zero-order valence-electron chi connectivity index (χ0n) is 20.0. The number of benzene rings is 2. The predicted molar refractivity (Wildman–Crippen MR) is 131 cm³/mol. The second-order valence-electron chi connectivity index (χ2n) is 10.6. The summed E-state index contributed by atoms with van der Waals surface area (Å²) in [4.78, 5) is 0. The van der Waals surface area contributed by atoms with Gasteiger partial charge in [-0.05, 0) is 77.3 Å².